The third-order valence-corrected chi connectivity index (χ3v) is 4.43. The molecule has 0 bridgehead atoms. The zero-order valence-electron chi connectivity index (χ0n) is 11.2. The number of amides is 1. The van der Waals surface area contributed by atoms with Gasteiger partial charge < -0.3 is 10.4 Å². The van der Waals surface area contributed by atoms with Crippen LogP contribution in [0.15, 0.2) is 24.3 Å². The minimum atomic E-state index is -0.854. The Hall–Kier alpha value is -1.52. The lowest BCUT2D eigenvalue weighted by atomic mass is 9.69. The third kappa shape index (κ3) is 3.57. The normalized spacial score (nSPS) is 16.5. The van der Waals surface area contributed by atoms with Gasteiger partial charge in [-0.3, -0.25) is 9.59 Å². The summed E-state index contributed by atoms with van der Waals surface area (Å²) in [4.78, 5) is 23.0. The van der Waals surface area contributed by atoms with Gasteiger partial charge in [0.1, 0.15) is 0 Å². The Morgan fingerprint density at radius 3 is 2.38 bits per heavy atom. The van der Waals surface area contributed by atoms with Crippen molar-refractivity contribution in [1.29, 1.82) is 0 Å². The van der Waals surface area contributed by atoms with Gasteiger partial charge in [0, 0.05) is 28.2 Å². The summed E-state index contributed by atoms with van der Waals surface area (Å²) in [7, 11) is 0. The SMILES string of the molecule is O=C(/C=C/c1c(Cl)cccc1Cl)NCC1(C(=O)O)CCC1. The van der Waals surface area contributed by atoms with Crippen molar-refractivity contribution in [3.63, 3.8) is 0 Å². The van der Waals surface area contributed by atoms with Gasteiger partial charge in [0.05, 0.1) is 5.41 Å². The van der Waals surface area contributed by atoms with E-state index in [0.29, 0.717) is 28.5 Å². The first-order valence-electron chi connectivity index (χ1n) is 6.58. The molecule has 1 aliphatic rings. The predicted octanol–water partition coefficient (Wildman–Crippen LogP) is 3.38. The molecule has 6 heteroatoms. The van der Waals surface area contributed by atoms with Crippen LogP contribution in [0.3, 0.4) is 0 Å². The Labute approximate surface area is 132 Å². The minimum Gasteiger partial charge on any atom is -0.481 e. The highest BCUT2D eigenvalue weighted by molar-refractivity contribution is 6.37. The zero-order chi connectivity index (χ0) is 15.5. The summed E-state index contributed by atoms with van der Waals surface area (Å²) in [5, 5.41) is 12.7. The number of hydrogen-bond donors (Lipinski definition) is 2. The average molecular weight is 328 g/mol. The summed E-state index contributed by atoms with van der Waals surface area (Å²) in [5.74, 6) is -1.22. The van der Waals surface area contributed by atoms with Crippen LogP contribution in [-0.4, -0.2) is 23.5 Å². The van der Waals surface area contributed by atoms with Crippen LogP contribution in [0.2, 0.25) is 10.0 Å². The molecule has 0 aromatic heterocycles. The molecule has 2 N–H and O–H groups in total. The summed E-state index contributed by atoms with van der Waals surface area (Å²) in [6.07, 6.45) is 4.91. The van der Waals surface area contributed by atoms with E-state index >= 15 is 0 Å². The maximum absolute atomic E-state index is 11.8. The molecular weight excluding hydrogens is 313 g/mol. The van der Waals surface area contributed by atoms with Crippen LogP contribution in [0, 0.1) is 5.41 Å². The van der Waals surface area contributed by atoms with E-state index in [1.807, 2.05) is 0 Å². The molecule has 1 aromatic rings. The number of benzene rings is 1. The second-order valence-corrected chi connectivity index (χ2v) is 5.94. The maximum Gasteiger partial charge on any atom is 0.311 e. The van der Waals surface area contributed by atoms with E-state index in [1.165, 1.54) is 12.2 Å². The molecule has 112 valence electrons. The van der Waals surface area contributed by atoms with E-state index in [1.54, 1.807) is 18.2 Å². The van der Waals surface area contributed by atoms with Crippen molar-refractivity contribution in [2.75, 3.05) is 6.54 Å². The Bertz CT molecular complexity index is 574. The van der Waals surface area contributed by atoms with Crippen LogP contribution in [0.5, 0.6) is 0 Å². The molecule has 0 atom stereocenters. The predicted molar refractivity (Wildman–Crippen MR) is 82.4 cm³/mol. The van der Waals surface area contributed by atoms with Crippen LogP contribution in [-0.2, 0) is 9.59 Å². The lowest BCUT2D eigenvalue weighted by molar-refractivity contribution is -0.154. The number of carbonyl (C=O) groups excluding carboxylic acids is 1. The zero-order valence-corrected chi connectivity index (χ0v) is 12.7. The quantitative estimate of drug-likeness (QED) is 0.815. The number of hydrogen-bond acceptors (Lipinski definition) is 2. The molecule has 0 saturated heterocycles. The molecule has 1 fully saturated rings. The highest BCUT2D eigenvalue weighted by Gasteiger charge is 2.44. The van der Waals surface area contributed by atoms with Gasteiger partial charge in [0.2, 0.25) is 5.91 Å². The van der Waals surface area contributed by atoms with E-state index < -0.39 is 11.4 Å². The molecule has 0 heterocycles. The molecule has 1 aliphatic carbocycles. The largest absolute Gasteiger partial charge is 0.481 e. The van der Waals surface area contributed by atoms with Gasteiger partial charge >= 0.3 is 5.97 Å². The first-order valence-corrected chi connectivity index (χ1v) is 7.33. The molecular formula is C15H15Cl2NO3. The van der Waals surface area contributed by atoms with Crippen molar-refractivity contribution in [1.82, 2.24) is 5.32 Å². The molecule has 21 heavy (non-hydrogen) atoms. The van der Waals surface area contributed by atoms with E-state index in [9.17, 15) is 14.7 Å². The fourth-order valence-corrected chi connectivity index (χ4v) is 2.74. The second kappa shape index (κ2) is 6.50. The van der Waals surface area contributed by atoms with Gasteiger partial charge in [-0.1, -0.05) is 35.7 Å². The molecule has 0 spiro atoms. The fraction of sp³-hybridized carbons (Fsp3) is 0.333. The third-order valence-electron chi connectivity index (χ3n) is 3.77. The van der Waals surface area contributed by atoms with Crippen LogP contribution in [0.4, 0.5) is 0 Å². The van der Waals surface area contributed by atoms with E-state index in [-0.39, 0.29) is 12.5 Å². The first-order chi connectivity index (χ1) is 9.94. The van der Waals surface area contributed by atoms with Crippen molar-refractivity contribution in [2.45, 2.75) is 19.3 Å². The molecule has 0 radical (unpaired) electrons. The number of nitrogens with one attached hydrogen (secondary N) is 1. The van der Waals surface area contributed by atoms with E-state index in [4.69, 9.17) is 23.2 Å². The van der Waals surface area contributed by atoms with E-state index in [2.05, 4.69) is 5.32 Å². The summed E-state index contributed by atoms with van der Waals surface area (Å²) >= 11 is 12.0. The molecule has 1 aromatic carbocycles. The van der Waals surface area contributed by atoms with Gasteiger partial charge in [-0.25, -0.2) is 0 Å². The summed E-state index contributed by atoms with van der Waals surface area (Å²) in [5.41, 5.74) is -0.237. The smallest absolute Gasteiger partial charge is 0.311 e. The van der Waals surface area contributed by atoms with Gasteiger partial charge in [0.15, 0.2) is 0 Å². The lowest BCUT2D eigenvalue weighted by Crippen LogP contribution is -2.47. The molecule has 4 nitrogen and oxygen atoms in total. The maximum atomic E-state index is 11.8. The molecule has 1 amide bonds. The monoisotopic (exact) mass is 327 g/mol. The summed E-state index contributed by atoms with van der Waals surface area (Å²) in [6.45, 7) is 0.141. The topological polar surface area (TPSA) is 66.4 Å². The Balaban J connectivity index is 1.96. The Morgan fingerprint density at radius 2 is 1.90 bits per heavy atom. The van der Waals surface area contributed by atoms with Crippen molar-refractivity contribution in [3.05, 3.63) is 39.9 Å². The lowest BCUT2D eigenvalue weighted by Gasteiger charge is -2.37. The van der Waals surface area contributed by atoms with Crippen molar-refractivity contribution >= 4 is 41.2 Å². The molecule has 1 saturated carbocycles. The van der Waals surface area contributed by atoms with Gasteiger partial charge in [-0.2, -0.15) is 0 Å². The van der Waals surface area contributed by atoms with E-state index in [0.717, 1.165) is 6.42 Å². The van der Waals surface area contributed by atoms with Crippen LogP contribution < -0.4 is 5.32 Å². The second-order valence-electron chi connectivity index (χ2n) is 5.13. The van der Waals surface area contributed by atoms with Gasteiger partial charge in [-0.15, -0.1) is 0 Å². The molecule has 2 rings (SSSR count). The number of carboxylic acid groups (broad SMARTS) is 1. The Morgan fingerprint density at radius 1 is 1.29 bits per heavy atom. The van der Waals surface area contributed by atoms with Crippen LogP contribution in [0.25, 0.3) is 6.08 Å². The number of aliphatic carboxylic acids is 1. The highest BCUT2D eigenvalue weighted by atomic mass is 35.5. The van der Waals surface area contributed by atoms with Gasteiger partial charge in [-0.05, 0) is 31.1 Å². The summed E-state index contributed by atoms with van der Waals surface area (Å²) in [6, 6.07) is 5.08. The van der Waals surface area contributed by atoms with Crippen molar-refractivity contribution in [3.8, 4) is 0 Å². The number of halogens is 2. The number of carbonyl (C=O) groups is 2. The molecule has 0 aliphatic heterocycles. The minimum absolute atomic E-state index is 0.141. The summed E-state index contributed by atoms with van der Waals surface area (Å²) < 4.78 is 0. The standard InChI is InChI=1S/C15H15Cl2NO3/c16-11-3-1-4-12(17)10(11)5-6-13(19)18-9-15(14(20)21)7-2-8-15/h1,3-6H,2,7-9H2,(H,18,19)(H,20,21)/b6-5+. The first kappa shape index (κ1) is 15.9. The fourth-order valence-electron chi connectivity index (χ4n) is 2.21. The van der Waals surface area contributed by atoms with Crippen molar-refractivity contribution < 1.29 is 14.7 Å². The Kier molecular flexibility index (Phi) is 4.91. The average Bonchev–Trinajstić information content (AvgIpc) is 2.36. The van der Waals surface area contributed by atoms with Crippen LogP contribution >= 0.6 is 23.2 Å². The van der Waals surface area contributed by atoms with Gasteiger partial charge in [0.25, 0.3) is 0 Å². The number of carboxylic acids is 1. The number of rotatable bonds is 5. The highest BCUT2D eigenvalue weighted by Crippen LogP contribution is 2.40. The van der Waals surface area contributed by atoms with Crippen molar-refractivity contribution in [2.24, 2.45) is 5.41 Å². The van der Waals surface area contributed by atoms with Crippen LogP contribution in [0.1, 0.15) is 24.8 Å². The molecule has 0 unspecified atom stereocenters.